The van der Waals surface area contributed by atoms with Gasteiger partial charge in [-0.15, -0.1) is 0 Å². The lowest BCUT2D eigenvalue weighted by Gasteiger charge is -2.26. The lowest BCUT2D eigenvalue weighted by molar-refractivity contribution is 0.0275. The zero-order chi connectivity index (χ0) is 16.6. The molecule has 124 valence electrons. The number of pyridine rings is 1. The third-order valence-corrected chi connectivity index (χ3v) is 4.31. The molecule has 2 fully saturated rings. The van der Waals surface area contributed by atoms with E-state index in [4.69, 9.17) is 4.74 Å². The number of ether oxygens (including phenoxy) is 1. The van der Waals surface area contributed by atoms with E-state index < -0.39 is 5.60 Å². The molecule has 0 bridgehead atoms. The summed E-state index contributed by atoms with van der Waals surface area (Å²) in [5.74, 6) is 0.633. The maximum absolute atomic E-state index is 12.4. The van der Waals surface area contributed by atoms with Crippen molar-refractivity contribution in [2.45, 2.75) is 26.4 Å². The number of likely N-dealkylation sites (tertiary alicyclic amines) is 2. The van der Waals surface area contributed by atoms with E-state index in [1.54, 1.807) is 23.2 Å². The summed E-state index contributed by atoms with van der Waals surface area (Å²) >= 11 is 0. The van der Waals surface area contributed by atoms with Crippen LogP contribution in [0.4, 0.5) is 4.79 Å². The van der Waals surface area contributed by atoms with Gasteiger partial charge in [-0.05, 0) is 32.9 Å². The van der Waals surface area contributed by atoms with Gasteiger partial charge in [-0.3, -0.25) is 9.78 Å². The van der Waals surface area contributed by atoms with E-state index in [0.29, 0.717) is 43.7 Å². The van der Waals surface area contributed by atoms with Crippen LogP contribution < -0.4 is 0 Å². The summed E-state index contributed by atoms with van der Waals surface area (Å²) in [6.45, 7) is 8.29. The first-order valence-electron chi connectivity index (χ1n) is 8.02. The highest BCUT2D eigenvalue weighted by Crippen LogP contribution is 2.32. The molecule has 3 heterocycles. The maximum Gasteiger partial charge on any atom is 0.410 e. The van der Waals surface area contributed by atoms with Crippen LogP contribution in [-0.4, -0.2) is 58.6 Å². The summed E-state index contributed by atoms with van der Waals surface area (Å²) in [7, 11) is 0. The van der Waals surface area contributed by atoms with Gasteiger partial charge in [-0.2, -0.15) is 0 Å². The van der Waals surface area contributed by atoms with Gasteiger partial charge in [0.15, 0.2) is 0 Å². The highest BCUT2D eigenvalue weighted by Gasteiger charge is 2.44. The largest absolute Gasteiger partial charge is 0.444 e. The van der Waals surface area contributed by atoms with Crippen molar-refractivity contribution in [3.8, 4) is 0 Å². The summed E-state index contributed by atoms with van der Waals surface area (Å²) in [6, 6.07) is 5.36. The second-order valence-electron chi connectivity index (χ2n) is 7.33. The van der Waals surface area contributed by atoms with Crippen LogP contribution in [0.3, 0.4) is 0 Å². The predicted octanol–water partition coefficient (Wildman–Crippen LogP) is 2.02. The van der Waals surface area contributed by atoms with Crippen molar-refractivity contribution in [3.63, 3.8) is 0 Å². The van der Waals surface area contributed by atoms with Gasteiger partial charge in [0.2, 0.25) is 0 Å². The minimum absolute atomic E-state index is 0.0242. The Morgan fingerprint density at radius 2 is 1.70 bits per heavy atom. The fourth-order valence-electron chi connectivity index (χ4n) is 3.29. The molecule has 6 heteroatoms. The van der Waals surface area contributed by atoms with Crippen LogP contribution in [0.2, 0.25) is 0 Å². The molecule has 0 saturated carbocycles. The molecule has 2 atom stereocenters. The molecule has 2 aliphatic rings. The van der Waals surface area contributed by atoms with Gasteiger partial charge in [0, 0.05) is 44.2 Å². The lowest BCUT2D eigenvalue weighted by Crippen LogP contribution is -2.38. The van der Waals surface area contributed by atoms with Crippen molar-refractivity contribution in [2.24, 2.45) is 11.8 Å². The van der Waals surface area contributed by atoms with Crippen LogP contribution in [0.15, 0.2) is 24.4 Å². The number of carbonyl (C=O) groups excluding carboxylic acids is 2. The molecule has 1 aromatic rings. The van der Waals surface area contributed by atoms with E-state index in [1.165, 1.54) is 0 Å². The van der Waals surface area contributed by atoms with Gasteiger partial charge < -0.3 is 14.5 Å². The van der Waals surface area contributed by atoms with Crippen LogP contribution >= 0.6 is 0 Å². The Balaban J connectivity index is 1.57. The molecule has 1 aromatic heterocycles. The molecular weight excluding hydrogens is 294 g/mol. The monoisotopic (exact) mass is 317 g/mol. The normalized spacial score (nSPS) is 23.8. The lowest BCUT2D eigenvalue weighted by atomic mass is 10.0. The topological polar surface area (TPSA) is 62.7 Å². The van der Waals surface area contributed by atoms with E-state index in [0.717, 1.165) is 0 Å². The number of hydrogen-bond donors (Lipinski definition) is 0. The molecular formula is C17H23N3O3. The molecule has 2 unspecified atom stereocenters. The fraction of sp³-hybridized carbons (Fsp3) is 0.588. The summed E-state index contributed by atoms with van der Waals surface area (Å²) in [4.78, 5) is 32.3. The number of aromatic nitrogens is 1. The van der Waals surface area contributed by atoms with E-state index >= 15 is 0 Å². The second kappa shape index (κ2) is 5.83. The molecule has 2 amide bonds. The number of fused-ring (bicyclic) bond motifs is 1. The Hall–Kier alpha value is -2.11. The molecule has 6 nitrogen and oxygen atoms in total. The third kappa shape index (κ3) is 3.46. The van der Waals surface area contributed by atoms with Crippen molar-refractivity contribution in [1.82, 2.24) is 14.8 Å². The molecule has 0 spiro atoms. The van der Waals surface area contributed by atoms with Gasteiger partial charge in [-0.25, -0.2) is 4.79 Å². The number of rotatable bonds is 1. The van der Waals surface area contributed by atoms with Crippen molar-refractivity contribution in [2.75, 3.05) is 26.2 Å². The Labute approximate surface area is 136 Å². The SMILES string of the molecule is CC(C)(C)OC(=O)N1CC2CN(C(=O)c3ccccn3)CC2C1. The van der Waals surface area contributed by atoms with Gasteiger partial charge >= 0.3 is 6.09 Å². The van der Waals surface area contributed by atoms with Crippen LogP contribution in [0.1, 0.15) is 31.3 Å². The summed E-state index contributed by atoms with van der Waals surface area (Å²) in [6.07, 6.45) is 1.38. The first kappa shape index (κ1) is 15.8. The predicted molar refractivity (Wildman–Crippen MR) is 84.9 cm³/mol. The minimum atomic E-state index is -0.476. The summed E-state index contributed by atoms with van der Waals surface area (Å²) in [5, 5.41) is 0. The third-order valence-electron chi connectivity index (χ3n) is 4.31. The highest BCUT2D eigenvalue weighted by molar-refractivity contribution is 5.92. The average molecular weight is 317 g/mol. The van der Waals surface area contributed by atoms with Crippen molar-refractivity contribution in [3.05, 3.63) is 30.1 Å². The molecule has 23 heavy (non-hydrogen) atoms. The quantitative estimate of drug-likeness (QED) is 0.795. The van der Waals surface area contributed by atoms with E-state index in [9.17, 15) is 9.59 Å². The van der Waals surface area contributed by atoms with Crippen LogP contribution in [0.25, 0.3) is 0 Å². The molecule has 2 saturated heterocycles. The van der Waals surface area contributed by atoms with Crippen molar-refractivity contribution in [1.29, 1.82) is 0 Å². The Morgan fingerprint density at radius 1 is 1.09 bits per heavy atom. The number of amides is 2. The van der Waals surface area contributed by atoms with Gasteiger partial charge in [-0.1, -0.05) is 6.07 Å². The Morgan fingerprint density at radius 3 is 2.22 bits per heavy atom. The van der Waals surface area contributed by atoms with E-state index in [2.05, 4.69) is 4.98 Å². The number of nitrogens with zero attached hydrogens (tertiary/aromatic N) is 3. The van der Waals surface area contributed by atoms with Gasteiger partial charge in [0.1, 0.15) is 11.3 Å². The van der Waals surface area contributed by atoms with Crippen LogP contribution in [0, 0.1) is 11.8 Å². The Bertz CT molecular complexity index is 583. The number of carbonyl (C=O) groups is 2. The van der Waals surface area contributed by atoms with Gasteiger partial charge in [0.05, 0.1) is 0 Å². The van der Waals surface area contributed by atoms with Crippen LogP contribution in [-0.2, 0) is 4.74 Å². The number of hydrogen-bond acceptors (Lipinski definition) is 4. The van der Waals surface area contributed by atoms with E-state index in [-0.39, 0.29) is 12.0 Å². The molecule has 0 radical (unpaired) electrons. The molecule has 2 aliphatic heterocycles. The zero-order valence-corrected chi connectivity index (χ0v) is 13.9. The molecule has 0 aliphatic carbocycles. The van der Waals surface area contributed by atoms with E-state index in [1.807, 2.05) is 31.7 Å². The zero-order valence-electron chi connectivity index (χ0n) is 13.9. The van der Waals surface area contributed by atoms with Gasteiger partial charge in [0.25, 0.3) is 5.91 Å². The fourth-order valence-corrected chi connectivity index (χ4v) is 3.29. The average Bonchev–Trinajstić information content (AvgIpc) is 3.04. The maximum atomic E-state index is 12.4. The standard InChI is InChI=1S/C17H23N3O3/c1-17(2,3)23-16(22)20-10-12-8-19(9-13(12)11-20)15(21)14-6-4-5-7-18-14/h4-7,12-13H,8-11H2,1-3H3. The van der Waals surface area contributed by atoms with Crippen molar-refractivity contribution < 1.29 is 14.3 Å². The highest BCUT2D eigenvalue weighted by atomic mass is 16.6. The molecule has 0 aromatic carbocycles. The molecule has 3 rings (SSSR count). The first-order chi connectivity index (χ1) is 10.8. The summed E-state index contributed by atoms with van der Waals surface area (Å²) < 4.78 is 5.43. The van der Waals surface area contributed by atoms with Crippen molar-refractivity contribution >= 4 is 12.0 Å². The second-order valence-corrected chi connectivity index (χ2v) is 7.33. The first-order valence-corrected chi connectivity index (χ1v) is 8.02. The molecule has 0 N–H and O–H groups in total. The minimum Gasteiger partial charge on any atom is -0.444 e. The smallest absolute Gasteiger partial charge is 0.410 e. The Kier molecular flexibility index (Phi) is 4.00. The summed E-state index contributed by atoms with van der Waals surface area (Å²) in [5.41, 5.74) is 0.00642. The van der Waals surface area contributed by atoms with Crippen LogP contribution in [0.5, 0.6) is 0 Å².